The van der Waals surface area contributed by atoms with Gasteiger partial charge in [0.25, 0.3) is 0 Å². The van der Waals surface area contributed by atoms with Gasteiger partial charge in [0.2, 0.25) is 6.79 Å². The van der Waals surface area contributed by atoms with Crippen molar-refractivity contribution in [3.8, 4) is 11.5 Å². The van der Waals surface area contributed by atoms with Crippen LogP contribution in [0.4, 0.5) is 0 Å². The molecule has 1 fully saturated rings. The molecule has 96 valence electrons. The molecule has 1 aliphatic heterocycles. The molecule has 3 atom stereocenters. The fourth-order valence-corrected chi connectivity index (χ4v) is 4.14. The molecule has 2 aliphatic rings. The second kappa shape index (κ2) is 3.71. The Morgan fingerprint density at radius 3 is 2.61 bits per heavy atom. The molecule has 0 spiro atoms. The van der Waals surface area contributed by atoms with Gasteiger partial charge in [-0.15, -0.1) is 0 Å². The smallest absolute Gasteiger partial charge is 0.231 e. The number of rotatable bonds is 3. The summed E-state index contributed by atoms with van der Waals surface area (Å²) in [4.78, 5) is 10.9. The fourth-order valence-electron chi connectivity index (χ4n) is 2.55. The maximum absolute atomic E-state index is 11.6. The van der Waals surface area contributed by atoms with Gasteiger partial charge in [0.05, 0.1) is 5.25 Å². The monoisotopic (exact) mass is 268 g/mol. The molecule has 5 nitrogen and oxygen atoms in total. The molecule has 0 saturated heterocycles. The molecular weight excluding hydrogens is 256 g/mol. The van der Waals surface area contributed by atoms with Crippen LogP contribution in [0, 0.1) is 5.92 Å². The molecule has 0 unspecified atom stereocenters. The van der Waals surface area contributed by atoms with Gasteiger partial charge in [-0.05, 0) is 17.7 Å². The van der Waals surface area contributed by atoms with Gasteiger partial charge < -0.3 is 14.3 Å². The van der Waals surface area contributed by atoms with E-state index in [1.165, 1.54) is 6.26 Å². The highest BCUT2D eigenvalue weighted by Gasteiger charge is 2.57. The predicted molar refractivity (Wildman–Crippen MR) is 63.5 cm³/mol. The number of aldehydes is 1. The van der Waals surface area contributed by atoms with Gasteiger partial charge in [0.1, 0.15) is 6.29 Å². The average Bonchev–Trinajstić information content (AvgIpc) is 2.90. The molecule has 1 aliphatic carbocycles. The molecule has 0 radical (unpaired) electrons. The van der Waals surface area contributed by atoms with E-state index in [0.717, 1.165) is 11.8 Å². The number of fused-ring (bicyclic) bond motifs is 1. The molecular formula is C12H12O5S. The van der Waals surface area contributed by atoms with Crippen molar-refractivity contribution >= 4 is 16.1 Å². The van der Waals surface area contributed by atoms with Gasteiger partial charge >= 0.3 is 0 Å². The first-order valence-corrected chi connectivity index (χ1v) is 7.51. The first-order chi connectivity index (χ1) is 8.52. The van der Waals surface area contributed by atoms with Crippen LogP contribution < -0.4 is 9.47 Å². The van der Waals surface area contributed by atoms with E-state index >= 15 is 0 Å². The first-order valence-electron chi connectivity index (χ1n) is 5.56. The predicted octanol–water partition coefficient (Wildman–Crippen LogP) is 0.741. The molecule has 0 bridgehead atoms. The van der Waals surface area contributed by atoms with Crippen molar-refractivity contribution in [3.63, 3.8) is 0 Å². The van der Waals surface area contributed by atoms with Gasteiger partial charge in [-0.1, -0.05) is 6.07 Å². The Hall–Kier alpha value is -1.56. The van der Waals surface area contributed by atoms with Crippen molar-refractivity contribution < 1.29 is 22.7 Å². The number of carbonyl (C=O) groups is 1. The van der Waals surface area contributed by atoms with Crippen LogP contribution in [0.25, 0.3) is 0 Å². The lowest BCUT2D eigenvalue weighted by molar-refractivity contribution is -0.108. The summed E-state index contributed by atoms with van der Waals surface area (Å²) in [6.07, 6.45) is 1.89. The highest BCUT2D eigenvalue weighted by Crippen LogP contribution is 2.52. The zero-order valence-electron chi connectivity index (χ0n) is 9.70. The largest absolute Gasteiger partial charge is 0.454 e. The van der Waals surface area contributed by atoms with E-state index in [9.17, 15) is 13.2 Å². The molecule has 0 aromatic heterocycles. The standard InChI is InChI=1S/C12H12O5S/c1-18(14,15)12-8(5-13)11(12)7-2-3-9-10(4-7)17-6-16-9/h2-5,8,11-12H,6H2,1H3/t8-,11+,12+/m0/s1. The number of ether oxygens (including phenoxy) is 2. The van der Waals surface area contributed by atoms with Crippen LogP contribution in [0.5, 0.6) is 11.5 Å². The third-order valence-corrected chi connectivity index (χ3v) is 5.04. The van der Waals surface area contributed by atoms with Crippen molar-refractivity contribution in [2.24, 2.45) is 5.92 Å². The molecule has 1 heterocycles. The molecule has 0 amide bonds. The summed E-state index contributed by atoms with van der Waals surface area (Å²) in [5.74, 6) is 0.557. The van der Waals surface area contributed by atoms with Crippen molar-refractivity contribution in [2.75, 3.05) is 13.0 Å². The van der Waals surface area contributed by atoms with Crippen LogP contribution in [-0.2, 0) is 14.6 Å². The molecule has 18 heavy (non-hydrogen) atoms. The highest BCUT2D eigenvalue weighted by molar-refractivity contribution is 7.91. The Labute approximate surface area is 105 Å². The summed E-state index contributed by atoms with van der Waals surface area (Å²) < 4.78 is 33.6. The van der Waals surface area contributed by atoms with Gasteiger partial charge in [-0.2, -0.15) is 0 Å². The van der Waals surface area contributed by atoms with Crippen molar-refractivity contribution in [3.05, 3.63) is 23.8 Å². The van der Waals surface area contributed by atoms with Crippen LogP contribution in [0.1, 0.15) is 11.5 Å². The van der Waals surface area contributed by atoms with E-state index in [2.05, 4.69) is 0 Å². The number of sulfone groups is 1. The SMILES string of the molecule is CS(=O)(=O)[C@@H]1[C@@H](C=O)[C@H]1c1ccc2c(c1)OCO2. The molecule has 1 saturated carbocycles. The number of carbonyl (C=O) groups excluding carboxylic acids is 1. The van der Waals surface area contributed by atoms with Gasteiger partial charge in [-0.25, -0.2) is 8.42 Å². The molecule has 1 aromatic rings. The van der Waals surface area contributed by atoms with E-state index in [-0.39, 0.29) is 12.7 Å². The fraction of sp³-hybridized carbons (Fsp3) is 0.417. The minimum absolute atomic E-state index is 0.177. The number of benzene rings is 1. The van der Waals surface area contributed by atoms with Crippen LogP contribution in [-0.4, -0.2) is 33.0 Å². The summed E-state index contributed by atoms with van der Waals surface area (Å²) >= 11 is 0. The summed E-state index contributed by atoms with van der Waals surface area (Å²) in [6.45, 7) is 0.177. The van der Waals surface area contributed by atoms with Crippen LogP contribution >= 0.6 is 0 Å². The molecule has 3 rings (SSSR count). The van der Waals surface area contributed by atoms with Crippen molar-refractivity contribution in [1.29, 1.82) is 0 Å². The third kappa shape index (κ3) is 1.68. The van der Waals surface area contributed by atoms with E-state index < -0.39 is 21.0 Å². The van der Waals surface area contributed by atoms with Gasteiger partial charge in [-0.3, -0.25) is 0 Å². The zero-order valence-corrected chi connectivity index (χ0v) is 10.5. The molecule has 6 heteroatoms. The van der Waals surface area contributed by atoms with Gasteiger partial charge in [0, 0.05) is 18.1 Å². The topological polar surface area (TPSA) is 69.7 Å². The second-order valence-electron chi connectivity index (χ2n) is 4.65. The van der Waals surface area contributed by atoms with Crippen LogP contribution in [0.2, 0.25) is 0 Å². The second-order valence-corrected chi connectivity index (χ2v) is 6.85. The zero-order chi connectivity index (χ0) is 12.9. The van der Waals surface area contributed by atoms with Crippen molar-refractivity contribution in [2.45, 2.75) is 11.2 Å². The minimum atomic E-state index is -3.21. The van der Waals surface area contributed by atoms with E-state index in [0.29, 0.717) is 11.5 Å². The lowest BCUT2D eigenvalue weighted by Gasteiger charge is -2.01. The van der Waals surface area contributed by atoms with E-state index in [1.54, 1.807) is 18.2 Å². The average molecular weight is 268 g/mol. The maximum atomic E-state index is 11.6. The summed E-state index contributed by atoms with van der Waals surface area (Å²) in [7, 11) is -3.21. The Kier molecular flexibility index (Phi) is 2.38. The lowest BCUT2D eigenvalue weighted by atomic mass is 10.1. The lowest BCUT2D eigenvalue weighted by Crippen LogP contribution is -2.07. The molecule has 0 N–H and O–H groups in total. The van der Waals surface area contributed by atoms with E-state index in [4.69, 9.17) is 9.47 Å². The van der Waals surface area contributed by atoms with Crippen LogP contribution in [0.15, 0.2) is 18.2 Å². The summed E-state index contributed by atoms with van der Waals surface area (Å²) in [6, 6.07) is 5.30. The van der Waals surface area contributed by atoms with Crippen molar-refractivity contribution in [1.82, 2.24) is 0 Å². The van der Waals surface area contributed by atoms with Gasteiger partial charge in [0.15, 0.2) is 21.3 Å². The number of hydrogen-bond acceptors (Lipinski definition) is 5. The first kappa shape index (κ1) is 11.5. The van der Waals surface area contributed by atoms with Crippen LogP contribution in [0.3, 0.4) is 0 Å². The third-order valence-electron chi connectivity index (χ3n) is 3.44. The summed E-state index contributed by atoms with van der Waals surface area (Å²) in [5, 5.41) is -0.602. The normalized spacial score (nSPS) is 29.1. The Balaban J connectivity index is 1.95. The summed E-state index contributed by atoms with van der Waals surface area (Å²) in [5.41, 5.74) is 0.812. The maximum Gasteiger partial charge on any atom is 0.231 e. The Bertz CT molecular complexity index is 607. The minimum Gasteiger partial charge on any atom is -0.454 e. The Morgan fingerprint density at radius 1 is 1.28 bits per heavy atom. The number of hydrogen-bond donors (Lipinski definition) is 0. The quantitative estimate of drug-likeness (QED) is 0.756. The molecule has 1 aromatic carbocycles. The highest BCUT2D eigenvalue weighted by atomic mass is 32.2. The Morgan fingerprint density at radius 2 is 2.00 bits per heavy atom. The van der Waals surface area contributed by atoms with E-state index in [1.807, 2.05) is 0 Å².